The molecule has 0 N–H and O–H groups in total. The highest BCUT2D eigenvalue weighted by Gasteiger charge is 2.37. The molecule has 7 nitrogen and oxygen atoms in total. The molecule has 0 aromatic heterocycles. The summed E-state index contributed by atoms with van der Waals surface area (Å²) >= 11 is 4.29. The zero-order valence-corrected chi connectivity index (χ0v) is 21.5. The molecule has 0 spiro atoms. The van der Waals surface area contributed by atoms with Gasteiger partial charge in [0, 0.05) is 17.6 Å². The molecule has 0 radical (unpaired) electrons. The molecule has 0 unspecified atom stereocenters. The highest BCUT2D eigenvalue weighted by molar-refractivity contribution is 9.10. The van der Waals surface area contributed by atoms with E-state index in [2.05, 4.69) is 15.9 Å². The van der Waals surface area contributed by atoms with Crippen LogP contribution in [0.15, 0.2) is 45.8 Å². The van der Waals surface area contributed by atoms with Crippen molar-refractivity contribution in [3.05, 3.63) is 62.7 Å². The van der Waals surface area contributed by atoms with E-state index >= 15 is 0 Å². The number of halogens is 2. The molecule has 4 rings (SSSR count). The number of carbonyl (C=O) groups is 3. The number of carbonyl (C=O) groups excluding carboxylic acids is 3. The Morgan fingerprint density at radius 3 is 2.60 bits per heavy atom. The van der Waals surface area contributed by atoms with Crippen LogP contribution in [0.25, 0.3) is 6.08 Å². The second-order valence-electron chi connectivity index (χ2n) is 8.03. The van der Waals surface area contributed by atoms with Crippen molar-refractivity contribution in [1.29, 1.82) is 0 Å². The molecule has 10 heteroatoms. The maximum Gasteiger partial charge on any atom is 0.294 e. The van der Waals surface area contributed by atoms with Gasteiger partial charge in [0.2, 0.25) is 5.91 Å². The largest absolute Gasteiger partial charge is 0.490 e. The van der Waals surface area contributed by atoms with E-state index < -0.39 is 11.1 Å². The summed E-state index contributed by atoms with van der Waals surface area (Å²) in [4.78, 5) is 40.7. The lowest BCUT2D eigenvalue weighted by atomic mass is 10.1. The molecular weight excluding hydrogens is 539 g/mol. The van der Waals surface area contributed by atoms with Crippen molar-refractivity contribution in [2.24, 2.45) is 0 Å². The minimum Gasteiger partial charge on any atom is -0.490 e. The van der Waals surface area contributed by atoms with Crippen LogP contribution in [0.4, 0.5) is 9.18 Å². The quantitative estimate of drug-likeness (QED) is 0.410. The molecule has 2 fully saturated rings. The summed E-state index contributed by atoms with van der Waals surface area (Å²) in [5.41, 5.74) is 1.28. The monoisotopic (exact) mass is 562 g/mol. The third-order valence-corrected chi connectivity index (χ3v) is 7.15. The highest BCUT2D eigenvalue weighted by atomic mass is 79.9. The van der Waals surface area contributed by atoms with Gasteiger partial charge in [-0.15, -0.1) is 0 Å². The molecule has 3 amide bonds. The molecule has 2 aromatic carbocycles. The molecular formula is C25H24BrFN2O5S. The number of benzene rings is 2. The lowest BCUT2D eigenvalue weighted by Gasteiger charge is -2.18. The van der Waals surface area contributed by atoms with E-state index in [0.29, 0.717) is 46.8 Å². The summed E-state index contributed by atoms with van der Waals surface area (Å²) < 4.78 is 25.7. The SMILES string of the molecule is CCOc1cc(/C=C2/SC(=O)N(CC(=O)N3CCCC3)C2=O)c(Br)cc1OCc1cccc(F)c1. The molecule has 2 aliphatic rings. The predicted molar refractivity (Wildman–Crippen MR) is 135 cm³/mol. The van der Waals surface area contributed by atoms with E-state index in [1.807, 2.05) is 6.92 Å². The lowest BCUT2D eigenvalue weighted by molar-refractivity contribution is -0.135. The summed E-state index contributed by atoms with van der Waals surface area (Å²) in [5, 5.41) is -0.468. The normalized spacial score (nSPS) is 16.9. The van der Waals surface area contributed by atoms with Gasteiger partial charge in [-0.3, -0.25) is 19.3 Å². The van der Waals surface area contributed by atoms with Crippen LogP contribution < -0.4 is 9.47 Å². The van der Waals surface area contributed by atoms with Crippen LogP contribution in [0.3, 0.4) is 0 Å². The fourth-order valence-electron chi connectivity index (χ4n) is 3.81. The van der Waals surface area contributed by atoms with Gasteiger partial charge in [-0.25, -0.2) is 4.39 Å². The minimum absolute atomic E-state index is 0.146. The number of imide groups is 1. The summed E-state index contributed by atoms with van der Waals surface area (Å²) in [6.07, 6.45) is 3.46. The van der Waals surface area contributed by atoms with Crippen molar-refractivity contribution in [3.8, 4) is 11.5 Å². The van der Waals surface area contributed by atoms with Crippen molar-refractivity contribution in [2.45, 2.75) is 26.4 Å². The second-order valence-corrected chi connectivity index (χ2v) is 9.88. The van der Waals surface area contributed by atoms with Crippen LogP contribution in [0.1, 0.15) is 30.9 Å². The average Bonchev–Trinajstić information content (AvgIpc) is 3.45. The fourth-order valence-corrected chi connectivity index (χ4v) is 5.08. The molecule has 0 saturated carbocycles. The number of hydrogen-bond acceptors (Lipinski definition) is 6. The van der Waals surface area contributed by atoms with Crippen molar-refractivity contribution < 1.29 is 28.2 Å². The molecule has 2 aliphatic heterocycles. The smallest absolute Gasteiger partial charge is 0.294 e. The summed E-state index contributed by atoms with van der Waals surface area (Å²) in [7, 11) is 0. The number of ether oxygens (including phenoxy) is 2. The molecule has 0 aliphatic carbocycles. The van der Waals surface area contributed by atoms with Crippen molar-refractivity contribution in [2.75, 3.05) is 26.2 Å². The van der Waals surface area contributed by atoms with E-state index in [1.165, 1.54) is 12.1 Å². The molecule has 35 heavy (non-hydrogen) atoms. The maximum atomic E-state index is 13.5. The van der Waals surface area contributed by atoms with Crippen molar-refractivity contribution in [3.63, 3.8) is 0 Å². The third-order valence-electron chi connectivity index (χ3n) is 5.56. The summed E-state index contributed by atoms with van der Waals surface area (Å²) in [6.45, 7) is 3.43. The summed E-state index contributed by atoms with van der Waals surface area (Å²) in [6, 6.07) is 9.55. The van der Waals surface area contributed by atoms with Crippen LogP contribution in [0.2, 0.25) is 0 Å². The number of rotatable bonds is 8. The zero-order valence-electron chi connectivity index (χ0n) is 19.1. The van der Waals surface area contributed by atoms with E-state index in [-0.39, 0.29) is 29.8 Å². The van der Waals surface area contributed by atoms with Gasteiger partial charge in [-0.05, 0) is 73.0 Å². The van der Waals surface area contributed by atoms with Gasteiger partial charge in [0.05, 0.1) is 11.5 Å². The molecule has 0 atom stereocenters. The van der Waals surface area contributed by atoms with E-state index in [4.69, 9.17) is 9.47 Å². The first-order valence-corrected chi connectivity index (χ1v) is 12.8. The highest BCUT2D eigenvalue weighted by Crippen LogP contribution is 2.38. The molecule has 184 valence electrons. The number of likely N-dealkylation sites (tertiary alicyclic amines) is 1. The molecule has 0 bridgehead atoms. The van der Waals surface area contributed by atoms with Crippen molar-refractivity contribution >= 4 is 50.8 Å². The van der Waals surface area contributed by atoms with Crippen LogP contribution >= 0.6 is 27.7 Å². The van der Waals surface area contributed by atoms with E-state index in [9.17, 15) is 18.8 Å². The second kappa shape index (κ2) is 11.3. The van der Waals surface area contributed by atoms with Gasteiger partial charge in [-0.2, -0.15) is 0 Å². The molecule has 2 aromatic rings. The fraction of sp³-hybridized carbons (Fsp3) is 0.320. The van der Waals surface area contributed by atoms with Gasteiger partial charge in [0.15, 0.2) is 11.5 Å². The third kappa shape index (κ3) is 6.05. The van der Waals surface area contributed by atoms with E-state index in [0.717, 1.165) is 29.5 Å². The van der Waals surface area contributed by atoms with Gasteiger partial charge in [0.1, 0.15) is 19.0 Å². The Bertz CT molecular complexity index is 1180. The summed E-state index contributed by atoms with van der Waals surface area (Å²) in [5.74, 6) is -0.163. The van der Waals surface area contributed by atoms with Crippen LogP contribution in [0, 0.1) is 5.82 Å². The Morgan fingerprint density at radius 1 is 1.14 bits per heavy atom. The predicted octanol–water partition coefficient (Wildman–Crippen LogP) is 5.22. The zero-order chi connectivity index (χ0) is 24.9. The average molecular weight is 563 g/mol. The molecule has 2 saturated heterocycles. The van der Waals surface area contributed by atoms with Gasteiger partial charge < -0.3 is 14.4 Å². The Morgan fingerprint density at radius 2 is 1.89 bits per heavy atom. The Hall–Kier alpha value is -2.85. The Balaban J connectivity index is 1.52. The number of thioether (sulfide) groups is 1. The first-order valence-electron chi connectivity index (χ1n) is 11.2. The first-order chi connectivity index (χ1) is 16.9. The number of amides is 3. The van der Waals surface area contributed by atoms with Crippen molar-refractivity contribution in [1.82, 2.24) is 9.80 Å². The van der Waals surface area contributed by atoms with E-state index in [1.54, 1.807) is 35.2 Å². The Kier molecular flexibility index (Phi) is 8.12. The standard InChI is InChI=1S/C25H24BrFN2O5S/c1-2-33-20-11-17(19(26)13-21(20)34-15-16-6-5-7-18(27)10-16)12-22-24(31)29(25(32)35-22)14-23(30)28-8-3-4-9-28/h5-7,10-13H,2-4,8-9,14-15H2,1H3/b22-12+. The van der Waals surface area contributed by atoms with Crippen LogP contribution in [-0.4, -0.2) is 53.1 Å². The lowest BCUT2D eigenvalue weighted by Crippen LogP contribution is -2.40. The van der Waals surface area contributed by atoms with Crippen LogP contribution in [0.5, 0.6) is 11.5 Å². The number of nitrogens with zero attached hydrogens (tertiary/aromatic N) is 2. The molecule has 2 heterocycles. The topological polar surface area (TPSA) is 76.2 Å². The first kappa shape index (κ1) is 25.2. The van der Waals surface area contributed by atoms with Crippen LogP contribution in [-0.2, 0) is 16.2 Å². The minimum atomic E-state index is -0.496. The number of hydrogen-bond donors (Lipinski definition) is 0. The van der Waals surface area contributed by atoms with Gasteiger partial charge in [-0.1, -0.05) is 28.1 Å². The maximum absolute atomic E-state index is 13.5. The Labute approximate surface area is 215 Å². The van der Waals surface area contributed by atoms with Gasteiger partial charge >= 0.3 is 0 Å². The van der Waals surface area contributed by atoms with Gasteiger partial charge in [0.25, 0.3) is 11.1 Å².